The predicted octanol–water partition coefficient (Wildman–Crippen LogP) is 3.65. The third-order valence-corrected chi connectivity index (χ3v) is 5.32. The van der Waals surface area contributed by atoms with Gasteiger partial charge in [0.25, 0.3) is 0 Å². The second kappa shape index (κ2) is 8.78. The van der Waals surface area contributed by atoms with Gasteiger partial charge in [0.05, 0.1) is 7.11 Å². The predicted molar refractivity (Wildman–Crippen MR) is 109 cm³/mol. The largest absolute Gasteiger partial charge is 0.497 e. The molecule has 1 heterocycles. The second-order valence-electron chi connectivity index (χ2n) is 7.38. The minimum absolute atomic E-state index is 0.0456. The van der Waals surface area contributed by atoms with Crippen molar-refractivity contribution >= 4 is 17.6 Å². The van der Waals surface area contributed by atoms with Crippen molar-refractivity contribution in [3.05, 3.63) is 60.2 Å². The smallest absolute Gasteiger partial charge is 0.321 e. The summed E-state index contributed by atoms with van der Waals surface area (Å²) in [5.41, 5.74) is 1.31. The molecule has 0 saturated carbocycles. The van der Waals surface area contributed by atoms with Crippen molar-refractivity contribution in [2.45, 2.75) is 26.3 Å². The van der Waals surface area contributed by atoms with E-state index in [1.54, 1.807) is 18.1 Å². The Morgan fingerprint density at radius 1 is 1.07 bits per heavy atom. The number of likely N-dealkylation sites (tertiary alicyclic amines) is 1. The Bertz CT molecular complexity index is 815. The van der Waals surface area contributed by atoms with Gasteiger partial charge in [-0.1, -0.05) is 43.3 Å². The summed E-state index contributed by atoms with van der Waals surface area (Å²) in [6.07, 6.45) is 1.28. The number of hydrogen-bond donors (Lipinski definition) is 2. The minimum atomic E-state index is -0.457. The Kier molecular flexibility index (Phi) is 6.19. The summed E-state index contributed by atoms with van der Waals surface area (Å²) in [6, 6.07) is 17.0. The molecule has 6 nitrogen and oxygen atoms in total. The van der Waals surface area contributed by atoms with Crippen molar-refractivity contribution in [1.29, 1.82) is 0 Å². The molecule has 0 aromatic heterocycles. The van der Waals surface area contributed by atoms with Crippen LogP contribution in [0.5, 0.6) is 5.75 Å². The second-order valence-corrected chi connectivity index (χ2v) is 7.38. The lowest BCUT2D eigenvalue weighted by molar-refractivity contribution is -0.132. The number of benzene rings is 2. The number of methoxy groups -OCH3 is 1. The van der Waals surface area contributed by atoms with Gasteiger partial charge in [-0.2, -0.15) is 0 Å². The number of amides is 3. The average Bonchev–Trinajstić information content (AvgIpc) is 2.73. The van der Waals surface area contributed by atoms with E-state index in [0.717, 1.165) is 5.56 Å². The molecule has 3 amide bonds. The molecule has 0 aliphatic carbocycles. The van der Waals surface area contributed by atoms with Gasteiger partial charge < -0.3 is 20.3 Å². The number of hydrogen-bond acceptors (Lipinski definition) is 3. The number of nitrogens with one attached hydrogen (secondary N) is 2. The number of ether oxygens (including phenoxy) is 1. The normalized spacial score (nSPS) is 15.6. The Labute approximate surface area is 165 Å². The Morgan fingerprint density at radius 2 is 1.79 bits per heavy atom. The minimum Gasteiger partial charge on any atom is -0.497 e. The van der Waals surface area contributed by atoms with Crippen LogP contribution in [0.15, 0.2) is 54.6 Å². The van der Waals surface area contributed by atoms with Crippen molar-refractivity contribution in [2.75, 3.05) is 25.5 Å². The fraction of sp³-hybridized carbons (Fsp3) is 0.364. The summed E-state index contributed by atoms with van der Waals surface area (Å²) in [6.45, 7) is 3.59. The summed E-state index contributed by atoms with van der Waals surface area (Å²) >= 11 is 0. The van der Waals surface area contributed by atoms with Crippen molar-refractivity contribution in [3.8, 4) is 5.75 Å². The van der Waals surface area contributed by atoms with Gasteiger partial charge in [-0.15, -0.1) is 0 Å². The van der Waals surface area contributed by atoms with Crippen LogP contribution in [0, 0.1) is 5.41 Å². The van der Waals surface area contributed by atoms with E-state index in [-0.39, 0.29) is 11.9 Å². The van der Waals surface area contributed by atoms with Crippen molar-refractivity contribution in [3.63, 3.8) is 0 Å². The molecule has 1 aliphatic rings. The first-order chi connectivity index (χ1) is 13.5. The molecule has 148 valence electrons. The molecule has 1 aliphatic heterocycles. The van der Waals surface area contributed by atoms with Gasteiger partial charge in [-0.05, 0) is 30.5 Å². The highest BCUT2D eigenvalue weighted by atomic mass is 16.5. The summed E-state index contributed by atoms with van der Waals surface area (Å²) in [5, 5.41) is 5.93. The molecule has 2 aromatic rings. The lowest BCUT2D eigenvalue weighted by Crippen LogP contribution is -2.49. The maximum atomic E-state index is 12.7. The first-order valence-electron chi connectivity index (χ1n) is 9.52. The maximum Gasteiger partial charge on any atom is 0.321 e. The molecular formula is C22H27N3O3. The van der Waals surface area contributed by atoms with Crippen LogP contribution in [-0.4, -0.2) is 37.0 Å². The Balaban J connectivity index is 1.50. The van der Waals surface area contributed by atoms with Crippen LogP contribution in [0.3, 0.4) is 0 Å². The maximum absolute atomic E-state index is 12.7. The van der Waals surface area contributed by atoms with Gasteiger partial charge in [0.1, 0.15) is 5.75 Å². The standard InChI is InChI=1S/C22H27N3O3/c1-22(20(26)23-16-17-7-4-3-5-8-17)11-13-25(14-12-22)21(27)24-18-9-6-10-19(15-18)28-2/h3-10,15H,11-14,16H2,1-2H3,(H,23,26)(H,24,27). The van der Waals surface area contributed by atoms with E-state index >= 15 is 0 Å². The molecule has 0 atom stereocenters. The van der Waals surface area contributed by atoms with E-state index in [9.17, 15) is 9.59 Å². The number of rotatable bonds is 5. The molecule has 2 aromatic carbocycles. The monoisotopic (exact) mass is 381 g/mol. The summed E-state index contributed by atoms with van der Waals surface area (Å²) < 4.78 is 5.18. The highest BCUT2D eigenvalue weighted by molar-refractivity contribution is 5.90. The number of nitrogens with zero attached hydrogens (tertiary/aromatic N) is 1. The zero-order valence-electron chi connectivity index (χ0n) is 16.4. The van der Waals surface area contributed by atoms with Crippen LogP contribution >= 0.6 is 0 Å². The van der Waals surface area contributed by atoms with Crippen LogP contribution < -0.4 is 15.4 Å². The molecule has 3 rings (SSSR count). The number of carbonyl (C=O) groups is 2. The van der Waals surface area contributed by atoms with E-state index < -0.39 is 5.41 Å². The van der Waals surface area contributed by atoms with Gasteiger partial charge in [0.2, 0.25) is 5.91 Å². The SMILES string of the molecule is COc1cccc(NC(=O)N2CCC(C)(C(=O)NCc3ccccc3)CC2)c1. The van der Waals surface area contributed by atoms with Crippen LogP contribution in [0.1, 0.15) is 25.3 Å². The molecule has 2 N–H and O–H groups in total. The summed E-state index contributed by atoms with van der Waals surface area (Å²) in [5.74, 6) is 0.739. The van der Waals surface area contributed by atoms with Crippen molar-refractivity contribution in [2.24, 2.45) is 5.41 Å². The van der Waals surface area contributed by atoms with Crippen LogP contribution in [0.2, 0.25) is 0 Å². The quantitative estimate of drug-likeness (QED) is 0.831. The molecule has 1 fully saturated rings. The molecule has 0 unspecified atom stereocenters. The fourth-order valence-corrected chi connectivity index (χ4v) is 3.33. The molecule has 1 saturated heterocycles. The Morgan fingerprint density at radius 3 is 2.46 bits per heavy atom. The third-order valence-electron chi connectivity index (χ3n) is 5.32. The summed E-state index contributed by atoms with van der Waals surface area (Å²) in [7, 11) is 1.59. The van der Waals surface area contributed by atoms with Gasteiger partial charge in [-0.3, -0.25) is 4.79 Å². The molecule has 0 bridgehead atoms. The van der Waals surface area contributed by atoms with E-state index in [1.807, 2.05) is 55.5 Å². The first kappa shape index (κ1) is 19.7. The van der Waals surface area contributed by atoms with Gasteiger partial charge in [-0.25, -0.2) is 4.79 Å². The van der Waals surface area contributed by atoms with Crippen molar-refractivity contribution in [1.82, 2.24) is 10.2 Å². The number of piperidine rings is 1. The van der Waals surface area contributed by atoms with E-state index in [1.165, 1.54) is 0 Å². The number of carbonyl (C=O) groups excluding carboxylic acids is 2. The van der Waals surface area contributed by atoms with Gasteiger partial charge in [0.15, 0.2) is 0 Å². The highest BCUT2D eigenvalue weighted by Crippen LogP contribution is 2.31. The van der Waals surface area contributed by atoms with Gasteiger partial charge in [0, 0.05) is 36.8 Å². The third kappa shape index (κ3) is 4.82. The lowest BCUT2D eigenvalue weighted by atomic mass is 9.79. The van der Waals surface area contributed by atoms with E-state index in [4.69, 9.17) is 4.74 Å². The van der Waals surface area contributed by atoms with Crippen LogP contribution in [-0.2, 0) is 11.3 Å². The molecule has 6 heteroatoms. The van der Waals surface area contributed by atoms with E-state index in [2.05, 4.69) is 10.6 Å². The fourth-order valence-electron chi connectivity index (χ4n) is 3.33. The van der Waals surface area contributed by atoms with Crippen LogP contribution in [0.25, 0.3) is 0 Å². The zero-order chi connectivity index (χ0) is 20.0. The molecule has 0 spiro atoms. The number of urea groups is 1. The summed E-state index contributed by atoms with van der Waals surface area (Å²) in [4.78, 5) is 27.0. The Hall–Kier alpha value is -3.02. The van der Waals surface area contributed by atoms with Gasteiger partial charge >= 0.3 is 6.03 Å². The topological polar surface area (TPSA) is 70.7 Å². The lowest BCUT2D eigenvalue weighted by Gasteiger charge is -2.38. The average molecular weight is 381 g/mol. The molecule has 0 radical (unpaired) electrons. The first-order valence-corrected chi connectivity index (χ1v) is 9.52. The highest BCUT2D eigenvalue weighted by Gasteiger charge is 2.37. The molecule has 28 heavy (non-hydrogen) atoms. The molecular weight excluding hydrogens is 354 g/mol. The van der Waals surface area contributed by atoms with Crippen LogP contribution in [0.4, 0.5) is 10.5 Å². The number of anilines is 1. The zero-order valence-corrected chi connectivity index (χ0v) is 16.4. The van der Waals surface area contributed by atoms with Crippen molar-refractivity contribution < 1.29 is 14.3 Å². The van der Waals surface area contributed by atoms with E-state index in [0.29, 0.717) is 43.9 Å².